The van der Waals surface area contributed by atoms with Gasteiger partial charge >= 0.3 is 0 Å². The predicted molar refractivity (Wildman–Crippen MR) is 98.8 cm³/mol. The lowest BCUT2D eigenvalue weighted by atomic mass is 10.3. The van der Waals surface area contributed by atoms with Gasteiger partial charge < -0.3 is 4.90 Å². The van der Waals surface area contributed by atoms with Crippen LogP contribution in [0.25, 0.3) is 5.65 Å². The van der Waals surface area contributed by atoms with Crippen LogP contribution in [0.2, 0.25) is 5.15 Å². The lowest BCUT2D eigenvalue weighted by Crippen LogP contribution is -2.19. The van der Waals surface area contributed by atoms with Crippen LogP contribution in [0.5, 0.6) is 0 Å². The summed E-state index contributed by atoms with van der Waals surface area (Å²) in [5.41, 5.74) is 1.91. The number of aryl methyl sites for hydroxylation is 2. The molecule has 134 valence electrons. The second-order valence-corrected chi connectivity index (χ2v) is 7.63. The summed E-state index contributed by atoms with van der Waals surface area (Å²) in [4.78, 5) is 20.7. The average molecular weight is 370 g/mol. The first-order chi connectivity index (χ1) is 12.6. The molecule has 0 radical (unpaired) electrons. The fourth-order valence-corrected chi connectivity index (χ4v) is 3.92. The zero-order valence-electron chi connectivity index (χ0n) is 14.9. The summed E-state index contributed by atoms with van der Waals surface area (Å²) in [6, 6.07) is 1.87. The van der Waals surface area contributed by atoms with Gasteiger partial charge in [-0.15, -0.1) is 5.10 Å². The van der Waals surface area contributed by atoms with E-state index >= 15 is 0 Å². The molecule has 1 saturated carbocycles. The Balaban J connectivity index is 1.45. The Morgan fingerprint density at radius 1 is 1.04 bits per heavy atom. The van der Waals surface area contributed by atoms with Crippen LogP contribution in [0.15, 0.2) is 12.3 Å². The Kier molecular flexibility index (Phi) is 3.60. The van der Waals surface area contributed by atoms with Gasteiger partial charge in [0.05, 0.1) is 0 Å². The standard InChI is InChI=1S/C18H20ClN7/c1-10-9-20-11(2)26-18(10)23-17(24-26)13-7-12(13)16-21-14(19)8-15(22-16)25-5-3-4-6-25/h8-9,12-13H,3-7H2,1-2H3. The molecule has 3 aromatic rings. The van der Waals surface area contributed by atoms with Crippen molar-refractivity contribution in [3.05, 3.63) is 40.5 Å². The first-order valence-corrected chi connectivity index (χ1v) is 9.46. The van der Waals surface area contributed by atoms with Crippen molar-refractivity contribution in [1.82, 2.24) is 29.5 Å². The minimum Gasteiger partial charge on any atom is -0.356 e. The maximum Gasteiger partial charge on any atom is 0.162 e. The van der Waals surface area contributed by atoms with Gasteiger partial charge in [0.1, 0.15) is 22.6 Å². The molecule has 0 aromatic carbocycles. The molecule has 1 saturated heterocycles. The SMILES string of the molecule is Cc1cnc(C)n2nc(C3CC3c3nc(Cl)cc(N4CCCC4)n3)nc12. The summed E-state index contributed by atoms with van der Waals surface area (Å²) in [6.45, 7) is 6.03. The molecule has 2 aliphatic rings. The lowest BCUT2D eigenvalue weighted by molar-refractivity contribution is 0.798. The Hall–Kier alpha value is -2.28. The van der Waals surface area contributed by atoms with Gasteiger partial charge in [-0.25, -0.2) is 19.9 Å². The topological polar surface area (TPSA) is 72.1 Å². The van der Waals surface area contributed by atoms with Crippen LogP contribution in [-0.2, 0) is 0 Å². The quantitative estimate of drug-likeness (QED) is 0.661. The molecule has 1 aliphatic heterocycles. The van der Waals surface area contributed by atoms with Crippen molar-refractivity contribution in [2.75, 3.05) is 18.0 Å². The maximum absolute atomic E-state index is 6.28. The van der Waals surface area contributed by atoms with Crippen molar-refractivity contribution in [3.8, 4) is 0 Å². The van der Waals surface area contributed by atoms with Gasteiger partial charge in [-0.2, -0.15) is 4.52 Å². The number of fused-ring (bicyclic) bond motifs is 1. The molecule has 0 bridgehead atoms. The molecule has 4 heterocycles. The molecule has 2 atom stereocenters. The van der Waals surface area contributed by atoms with E-state index in [4.69, 9.17) is 21.6 Å². The third-order valence-corrected chi connectivity index (χ3v) is 5.50. The zero-order valence-corrected chi connectivity index (χ0v) is 15.6. The highest BCUT2D eigenvalue weighted by Gasteiger charge is 2.45. The molecule has 2 fully saturated rings. The van der Waals surface area contributed by atoms with Crippen molar-refractivity contribution in [2.45, 2.75) is 44.9 Å². The number of halogens is 1. The van der Waals surface area contributed by atoms with Crippen LogP contribution in [0.4, 0.5) is 5.82 Å². The van der Waals surface area contributed by atoms with E-state index in [0.29, 0.717) is 5.15 Å². The molecule has 5 rings (SSSR count). The van der Waals surface area contributed by atoms with Crippen LogP contribution in [-0.4, -0.2) is 42.6 Å². The molecule has 0 N–H and O–H groups in total. The first-order valence-electron chi connectivity index (χ1n) is 9.08. The van der Waals surface area contributed by atoms with Gasteiger partial charge in [-0.05, 0) is 33.1 Å². The van der Waals surface area contributed by atoms with Crippen molar-refractivity contribution in [2.24, 2.45) is 0 Å². The number of hydrogen-bond acceptors (Lipinski definition) is 6. The van der Waals surface area contributed by atoms with Crippen molar-refractivity contribution < 1.29 is 0 Å². The fourth-order valence-electron chi connectivity index (χ4n) is 3.73. The summed E-state index contributed by atoms with van der Waals surface area (Å²) in [5.74, 6) is 3.94. The average Bonchev–Trinajstić information content (AvgIpc) is 3.06. The Labute approximate surface area is 156 Å². The van der Waals surface area contributed by atoms with Crippen LogP contribution in [0, 0.1) is 13.8 Å². The van der Waals surface area contributed by atoms with E-state index in [9.17, 15) is 0 Å². The Morgan fingerprint density at radius 3 is 2.58 bits per heavy atom. The number of anilines is 1. The molecule has 0 amide bonds. The number of rotatable bonds is 3. The summed E-state index contributed by atoms with van der Waals surface area (Å²) in [5, 5.41) is 5.19. The van der Waals surface area contributed by atoms with E-state index in [1.807, 2.05) is 30.6 Å². The largest absolute Gasteiger partial charge is 0.356 e. The van der Waals surface area contributed by atoms with E-state index in [1.54, 1.807) is 0 Å². The third kappa shape index (κ3) is 2.61. The van der Waals surface area contributed by atoms with Crippen molar-refractivity contribution in [3.63, 3.8) is 0 Å². The first kappa shape index (κ1) is 15.9. The molecular formula is C18H20ClN7. The van der Waals surface area contributed by atoms with Gasteiger partial charge in [0.25, 0.3) is 0 Å². The van der Waals surface area contributed by atoms with Gasteiger partial charge in [0, 0.05) is 42.8 Å². The minimum absolute atomic E-state index is 0.237. The highest BCUT2D eigenvalue weighted by molar-refractivity contribution is 6.29. The molecule has 26 heavy (non-hydrogen) atoms. The van der Waals surface area contributed by atoms with E-state index in [1.165, 1.54) is 12.8 Å². The molecule has 2 unspecified atom stereocenters. The van der Waals surface area contributed by atoms with Crippen molar-refractivity contribution >= 4 is 23.1 Å². The second-order valence-electron chi connectivity index (χ2n) is 7.24. The smallest absolute Gasteiger partial charge is 0.162 e. The minimum atomic E-state index is 0.237. The highest BCUT2D eigenvalue weighted by Crippen LogP contribution is 2.53. The highest BCUT2D eigenvalue weighted by atomic mass is 35.5. The van der Waals surface area contributed by atoms with Gasteiger partial charge in [0.15, 0.2) is 11.5 Å². The number of hydrogen-bond donors (Lipinski definition) is 0. The molecular weight excluding hydrogens is 350 g/mol. The van der Waals surface area contributed by atoms with Gasteiger partial charge in [-0.3, -0.25) is 0 Å². The fraction of sp³-hybridized carbons (Fsp3) is 0.500. The summed E-state index contributed by atoms with van der Waals surface area (Å²) in [6.07, 6.45) is 5.22. The summed E-state index contributed by atoms with van der Waals surface area (Å²) < 4.78 is 1.83. The third-order valence-electron chi connectivity index (χ3n) is 5.31. The van der Waals surface area contributed by atoms with Gasteiger partial charge in [-0.1, -0.05) is 11.6 Å². The molecule has 1 aliphatic carbocycles. The van der Waals surface area contributed by atoms with E-state index < -0.39 is 0 Å². The van der Waals surface area contributed by atoms with Crippen LogP contribution in [0.1, 0.15) is 54.1 Å². The van der Waals surface area contributed by atoms with E-state index in [0.717, 1.165) is 54.0 Å². The number of aromatic nitrogens is 6. The van der Waals surface area contributed by atoms with Crippen LogP contribution < -0.4 is 4.90 Å². The Bertz CT molecular complexity index is 954. The lowest BCUT2D eigenvalue weighted by Gasteiger charge is -2.17. The molecule has 3 aromatic heterocycles. The van der Waals surface area contributed by atoms with E-state index in [-0.39, 0.29) is 11.8 Å². The van der Waals surface area contributed by atoms with Crippen molar-refractivity contribution in [1.29, 1.82) is 0 Å². The van der Waals surface area contributed by atoms with E-state index in [2.05, 4.69) is 20.0 Å². The maximum atomic E-state index is 6.28. The van der Waals surface area contributed by atoms with Gasteiger partial charge in [0.2, 0.25) is 0 Å². The van der Waals surface area contributed by atoms with Crippen LogP contribution in [0.3, 0.4) is 0 Å². The normalized spacial score (nSPS) is 22.3. The zero-order chi connectivity index (χ0) is 17.8. The Morgan fingerprint density at radius 2 is 1.81 bits per heavy atom. The summed E-state index contributed by atoms with van der Waals surface area (Å²) >= 11 is 6.28. The second kappa shape index (κ2) is 5.87. The monoisotopic (exact) mass is 369 g/mol. The predicted octanol–water partition coefficient (Wildman–Crippen LogP) is 3.06. The molecule has 8 heteroatoms. The number of nitrogens with zero attached hydrogens (tertiary/aromatic N) is 7. The molecule has 7 nitrogen and oxygen atoms in total. The summed E-state index contributed by atoms with van der Waals surface area (Å²) in [7, 11) is 0. The molecule has 0 spiro atoms. The van der Waals surface area contributed by atoms with Crippen LogP contribution >= 0.6 is 11.6 Å².